The molecule has 1 saturated carbocycles. The van der Waals surface area contributed by atoms with E-state index >= 15 is 0 Å². The van der Waals surface area contributed by atoms with Crippen LogP contribution in [0.15, 0.2) is 29.5 Å². The Morgan fingerprint density at radius 2 is 2.00 bits per heavy atom. The minimum absolute atomic E-state index is 0.234. The van der Waals surface area contributed by atoms with Crippen molar-refractivity contribution >= 4 is 15.8 Å². The normalized spacial score (nSPS) is 22.8. The minimum Gasteiger partial charge on any atom is -0.356 e. The molecule has 0 bridgehead atoms. The maximum Gasteiger partial charge on any atom is 0.193 e. The van der Waals surface area contributed by atoms with E-state index in [0.717, 1.165) is 51.0 Å². The summed E-state index contributed by atoms with van der Waals surface area (Å²) in [7, 11) is -1.25. The average Bonchev–Trinajstić information content (AvgIpc) is 2.63. The molecular weight excluding hydrogens is 336 g/mol. The van der Waals surface area contributed by atoms with Gasteiger partial charge in [-0.15, -0.1) is 0 Å². The topological polar surface area (TPSA) is 74.7 Å². The van der Waals surface area contributed by atoms with Gasteiger partial charge in [0.1, 0.15) is 0 Å². The molecule has 138 valence electrons. The van der Waals surface area contributed by atoms with Gasteiger partial charge in [0, 0.05) is 39.1 Å². The van der Waals surface area contributed by atoms with Crippen molar-refractivity contribution in [2.45, 2.75) is 43.3 Å². The second-order valence-corrected chi connectivity index (χ2v) is 9.57. The predicted molar refractivity (Wildman–Crippen MR) is 100 cm³/mol. The molecule has 1 aromatic heterocycles. The van der Waals surface area contributed by atoms with E-state index in [9.17, 15) is 8.42 Å². The van der Waals surface area contributed by atoms with Gasteiger partial charge in [0.05, 0.1) is 10.5 Å². The molecule has 7 heteroatoms. The van der Waals surface area contributed by atoms with Gasteiger partial charge in [-0.25, -0.2) is 8.42 Å². The first kappa shape index (κ1) is 18.2. The van der Waals surface area contributed by atoms with Crippen LogP contribution < -0.4 is 5.32 Å². The van der Waals surface area contributed by atoms with E-state index in [0.29, 0.717) is 13.1 Å². The zero-order valence-electron chi connectivity index (χ0n) is 14.9. The van der Waals surface area contributed by atoms with Crippen LogP contribution in [0.2, 0.25) is 0 Å². The smallest absolute Gasteiger partial charge is 0.193 e. The number of hydrogen-bond acceptors (Lipinski definition) is 4. The highest BCUT2D eigenvalue weighted by molar-refractivity contribution is 7.92. The maximum absolute atomic E-state index is 12.7. The molecule has 1 N–H and O–H groups in total. The van der Waals surface area contributed by atoms with E-state index in [1.807, 2.05) is 12.1 Å². The Morgan fingerprint density at radius 3 is 2.68 bits per heavy atom. The molecule has 0 radical (unpaired) electrons. The molecule has 0 atom stereocenters. The Kier molecular flexibility index (Phi) is 5.61. The maximum atomic E-state index is 12.7. The standard InChI is InChI=1S/C18H28N4O2S/c1-19-17(21-12-7-16-5-10-20-11-6-16)22-13-14-25(23,24)18(15-22)8-3-2-4-9-18/h5-6,10-11H,2-4,7-9,12-15H2,1H3,(H,19,21). The van der Waals surface area contributed by atoms with Crippen LogP contribution in [0.4, 0.5) is 0 Å². The molecule has 1 aliphatic carbocycles. The summed E-state index contributed by atoms with van der Waals surface area (Å²) in [4.78, 5) is 10.6. The number of aromatic nitrogens is 1. The second-order valence-electron chi connectivity index (χ2n) is 7.06. The quantitative estimate of drug-likeness (QED) is 0.652. The lowest BCUT2D eigenvalue weighted by Gasteiger charge is -2.45. The number of guanidine groups is 1. The molecule has 2 heterocycles. The molecule has 1 aliphatic heterocycles. The Bertz CT molecular complexity index is 697. The molecular formula is C18H28N4O2S. The van der Waals surface area contributed by atoms with Gasteiger partial charge in [0.2, 0.25) is 0 Å². The molecule has 2 fully saturated rings. The van der Waals surface area contributed by atoms with E-state index in [1.54, 1.807) is 19.4 Å². The van der Waals surface area contributed by atoms with Gasteiger partial charge in [-0.2, -0.15) is 0 Å². The van der Waals surface area contributed by atoms with Gasteiger partial charge >= 0.3 is 0 Å². The first-order valence-electron chi connectivity index (χ1n) is 9.13. The molecule has 25 heavy (non-hydrogen) atoms. The summed E-state index contributed by atoms with van der Waals surface area (Å²) in [5, 5.41) is 3.40. The SMILES string of the molecule is CN=C(NCCc1ccncc1)N1CCS(=O)(=O)C2(CCCCC2)C1. The first-order chi connectivity index (χ1) is 12.1. The van der Waals surface area contributed by atoms with Crippen LogP contribution in [0.3, 0.4) is 0 Å². The summed E-state index contributed by atoms with van der Waals surface area (Å²) in [6.07, 6.45) is 9.25. The largest absolute Gasteiger partial charge is 0.356 e. The van der Waals surface area contributed by atoms with E-state index in [1.165, 1.54) is 5.56 Å². The summed E-state index contributed by atoms with van der Waals surface area (Å²) in [5.74, 6) is 1.05. The van der Waals surface area contributed by atoms with Crippen molar-refractivity contribution in [2.75, 3.05) is 32.4 Å². The van der Waals surface area contributed by atoms with Crippen LogP contribution in [0, 0.1) is 0 Å². The molecule has 0 aromatic carbocycles. The lowest BCUT2D eigenvalue weighted by molar-refractivity contribution is 0.274. The number of aliphatic imine (C=N–C) groups is 1. The van der Waals surface area contributed by atoms with Crippen LogP contribution in [0.1, 0.15) is 37.7 Å². The van der Waals surface area contributed by atoms with E-state index in [-0.39, 0.29) is 5.75 Å². The highest BCUT2D eigenvalue weighted by Gasteiger charge is 2.48. The van der Waals surface area contributed by atoms with Crippen LogP contribution in [0.25, 0.3) is 0 Å². The van der Waals surface area contributed by atoms with Crippen molar-refractivity contribution in [1.29, 1.82) is 0 Å². The number of hydrogen-bond donors (Lipinski definition) is 1. The highest BCUT2D eigenvalue weighted by Crippen LogP contribution is 2.38. The molecule has 0 unspecified atom stereocenters. The number of rotatable bonds is 3. The summed E-state index contributed by atoms with van der Waals surface area (Å²) in [6.45, 7) is 1.87. The van der Waals surface area contributed by atoms with Gasteiger partial charge in [-0.1, -0.05) is 19.3 Å². The number of nitrogens with one attached hydrogen (secondary N) is 1. The summed E-state index contributed by atoms with van der Waals surface area (Å²) >= 11 is 0. The summed E-state index contributed by atoms with van der Waals surface area (Å²) in [5.41, 5.74) is 1.22. The zero-order valence-corrected chi connectivity index (χ0v) is 15.8. The lowest BCUT2D eigenvalue weighted by Crippen LogP contribution is -2.60. The van der Waals surface area contributed by atoms with E-state index < -0.39 is 14.6 Å². The van der Waals surface area contributed by atoms with Gasteiger partial charge < -0.3 is 10.2 Å². The Labute approximate surface area is 150 Å². The van der Waals surface area contributed by atoms with Gasteiger partial charge in [-0.05, 0) is 37.0 Å². The third-order valence-electron chi connectivity index (χ3n) is 5.49. The van der Waals surface area contributed by atoms with Crippen LogP contribution in [-0.4, -0.2) is 61.4 Å². The zero-order chi connectivity index (χ0) is 17.8. The summed E-state index contributed by atoms with van der Waals surface area (Å²) < 4.78 is 24.9. The second kappa shape index (κ2) is 7.72. The molecule has 1 saturated heterocycles. The average molecular weight is 365 g/mol. The van der Waals surface area contributed by atoms with Crippen molar-refractivity contribution in [3.63, 3.8) is 0 Å². The van der Waals surface area contributed by atoms with Gasteiger partial charge in [-0.3, -0.25) is 9.98 Å². The van der Waals surface area contributed by atoms with Crippen molar-refractivity contribution in [3.8, 4) is 0 Å². The van der Waals surface area contributed by atoms with Crippen LogP contribution in [-0.2, 0) is 16.3 Å². The molecule has 0 amide bonds. The fraction of sp³-hybridized carbons (Fsp3) is 0.667. The van der Waals surface area contributed by atoms with Crippen molar-refractivity contribution in [2.24, 2.45) is 4.99 Å². The first-order valence-corrected chi connectivity index (χ1v) is 10.8. The summed E-state index contributed by atoms with van der Waals surface area (Å²) in [6, 6.07) is 4.02. The fourth-order valence-electron chi connectivity index (χ4n) is 4.02. The fourth-order valence-corrected chi connectivity index (χ4v) is 6.18. The van der Waals surface area contributed by atoms with Gasteiger partial charge in [0.15, 0.2) is 15.8 Å². The minimum atomic E-state index is -3.02. The third-order valence-corrected chi connectivity index (χ3v) is 8.07. The highest BCUT2D eigenvalue weighted by atomic mass is 32.2. The van der Waals surface area contributed by atoms with Crippen LogP contribution in [0.5, 0.6) is 0 Å². The number of pyridine rings is 1. The Balaban J connectivity index is 1.63. The molecule has 2 aliphatic rings. The van der Waals surface area contributed by atoms with Crippen molar-refractivity contribution < 1.29 is 8.42 Å². The number of nitrogens with zero attached hydrogens (tertiary/aromatic N) is 3. The van der Waals surface area contributed by atoms with Crippen LogP contribution >= 0.6 is 0 Å². The monoisotopic (exact) mass is 364 g/mol. The van der Waals surface area contributed by atoms with Gasteiger partial charge in [0.25, 0.3) is 0 Å². The van der Waals surface area contributed by atoms with Crippen molar-refractivity contribution in [1.82, 2.24) is 15.2 Å². The number of sulfone groups is 1. The van der Waals surface area contributed by atoms with E-state index in [4.69, 9.17) is 0 Å². The molecule has 6 nitrogen and oxygen atoms in total. The third kappa shape index (κ3) is 3.97. The lowest BCUT2D eigenvalue weighted by atomic mass is 9.87. The molecule has 1 aromatic rings. The Hall–Kier alpha value is -1.63. The van der Waals surface area contributed by atoms with E-state index in [2.05, 4.69) is 20.2 Å². The molecule has 1 spiro atoms. The Morgan fingerprint density at radius 1 is 1.28 bits per heavy atom. The predicted octanol–water partition coefficient (Wildman–Crippen LogP) is 1.63. The van der Waals surface area contributed by atoms with Crippen molar-refractivity contribution in [3.05, 3.63) is 30.1 Å². The molecule has 3 rings (SSSR count).